The molecule has 0 radical (unpaired) electrons. The van der Waals surface area contributed by atoms with Crippen molar-refractivity contribution in [3.05, 3.63) is 41.5 Å². The van der Waals surface area contributed by atoms with Crippen molar-refractivity contribution in [3.8, 4) is 28.7 Å². The van der Waals surface area contributed by atoms with Crippen LogP contribution in [0.4, 0.5) is 0 Å². The molecule has 0 bridgehead atoms. The summed E-state index contributed by atoms with van der Waals surface area (Å²) in [5.41, 5.74) is 0.199. The van der Waals surface area contributed by atoms with Gasteiger partial charge < -0.3 is 29.5 Å². The van der Waals surface area contributed by atoms with Gasteiger partial charge in [0.05, 0.1) is 14.2 Å². The van der Waals surface area contributed by atoms with Crippen molar-refractivity contribution in [1.29, 1.82) is 0 Å². The molecule has 7 nitrogen and oxygen atoms in total. The van der Waals surface area contributed by atoms with Crippen LogP contribution in [0.2, 0.25) is 0 Å². The van der Waals surface area contributed by atoms with Crippen LogP contribution in [0.3, 0.4) is 0 Å². The molecule has 2 aromatic carbocycles. The minimum atomic E-state index is -1.56. The summed E-state index contributed by atoms with van der Waals surface area (Å²) in [6, 6.07) is 7.25. The lowest BCUT2D eigenvalue weighted by atomic mass is 9.92. The van der Waals surface area contributed by atoms with Gasteiger partial charge in [-0.2, -0.15) is 0 Å². The predicted molar refractivity (Wildman–Crippen MR) is 83.0 cm³/mol. The SMILES string of the molecule is COc1cc(O)c2c(c1)O[C@@H](c1cccc(O)c1OC)[C@@H](O)C2=O. The van der Waals surface area contributed by atoms with Gasteiger partial charge in [0.15, 0.2) is 23.7 Å². The van der Waals surface area contributed by atoms with E-state index in [2.05, 4.69) is 0 Å². The molecule has 3 rings (SSSR count). The summed E-state index contributed by atoms with van der Waals surface area (Å²) < 4.78 is 15.9. The second-order valence-electron chi connectivity index (χ2n) is 5.27. The predicted octanol–water partition coefficient (Wildman–Crippen LogP) is 1.79. The van der Waals surface area contributed by atoms with E-state index in [1.54, 1.807) is 12.1 Å². The van der Waals surface area contributed by atoms with Crippen LogP contribution in [0.25, 0.3) is 0 Å². The van der Waals surface area contributed by atoms with Crippen LogP contribution in [-0.4, -0.2) is 41.4 Å². The molecule has 0 saturated carbocycles. The molecule has 7 heteroatoms. The first-order valence-electron chi connectivity index (χ1n) is 7.13. The fourth-order valence-corrected chi connectivity index (χ4v) is 2.74. The van der Waals surface area contributed by atoms with Gasteiger partial charge in [0.25, 0.3) is 0 Å². The summed E-state index contributed by atoms with van der Waals surface area (Å²) in [5, 5.41) is 30.2. The second-order valence-corrected chi connectivity index (χ2v) is 5.27. The van der Waals surface area contributed by atoms with Gasteiger partial charge in [-0.3, -0.25) is 4.79 Å². The van der Waals surface area contributed by atoms with Gasteiger partial charge in [-0.25, -0.2) is 0 Å². The highest BCUT2D eigenvalue weighted by Gasteiger charge is 2.40. The number of methoxy groups -OCH3 is 2. The molecule has 2 aromatic rings. The van der Waals surface area contributed by atoms with E-state index in [1.807, 2.05) is 0 Å². The minimum absolute atomic E-state index is 0.0811. The van der Waals surface area contributed by atoms with Crippen LogP contribution in [0.15, 0.2) is 30.3 Å². The quantitative estimate of drug-likeness (QED) is 0.787. The van der Waals surface area contributed by atoms with Crippen LogP contribution in [0.5, 0.6) is 28.7 Å². The van der Waals surface area contributed by atoms with Crippen molar-refractivity contribution in [2.45, 2.75) is 12.2 Å². The lowest BCUT2D eigenvalue weighted by Gasteiger charge is -2.31. The molecule has 126 valence electrons. The van der Waals surface area contributed by atoms with Gasteiger partial charge in [-0.05, 0) is 6.07 Å². The Balaban J connectivity index is 2.12. The molecule has 0 saturated heterocycles. The number of phenols is 2. The topological polar surface area (TPSA) is 105 Å². The van der Waals surface area contributed by atoms with Crippen molar-refractivity contribution in [1.82, 2.24) is 0 Å². The highest BCUT2D eigenvalue weighted by Crippen LogP contribution is 2.45. The van der Waals surface area contributed by atoms with Crippen molar-refractivity contribution < 1.29 is 34.3 Å². The molecular formula is C17H16O7. The maximum atomic E-state index is 12.5. The lowest BCUT2D eigenvalue weighted by Crippen LogP contribution is -2.36. The van der Waals surface area contributed by atoms with Gasteiger partial charge >= 0.3 is 0 Å². The van der Waals surface area contributed by atoms with Crippen LogP contribution < -0.4 is 14.2 Å². The third kappa shape index (κ3) is 2.39. The summed E-state index contributed by atoms with van der Waals surface area (Å²) in [5.74, 6) is -0.682. The van der Waals surface area contributed by atoms with E-state index in [9.17, 15) is 20.1 Å². The Labute approximate surface area is 137 Å². The largest absolute Gasteiger partial charge is 0.507 e. The summed E-state index contributed by atoms with van der Waals surface area (Å²) in [6.07, 6.45) is -2.66. The number of ether oxygens (including phenoxy) is 3. The monoisotopic (exact) mass is 332 g/mol. The van der Waals surface area contributed by atoms with E-state index < -0.39 is 18.0 Å². The number of Topliss-reactive ketones (excluding diaryl/α,β-unsaturated/α-hetero) is 1. The van der Waals surface area contributed by atoms with Gasteiger partial charge in [-0.1, -0.05) is 12.1 Å². The van der Waals surface area contributed by atoms with E-state index in [1.165, 1.54) is 32.4 Å². The second kappa shape index (κ2) is 5.93. The molecule has 1 aliphatic heterocycles. The maximum Gasteiger partial charge on any atom is 0.202 e. The number of hydrogen-bond donors (Lipinski definition) is 3. The molecule has 0 spiro atoms. The Morgan fingerprint density at radius 1 is 1.08 bits per heavy atom. The molecule has 0 unspecified atom stereocenters. The third-order valence-electron chi connectivity index (χ3n) is 3.88. The first-order chi connectivity index (χ1) is 11.5. The Kier molecular flexibility index (Phi) is 3.94. The Morgan fingerprint density at radius 2 is 1.83 bits per heavy atom. The number of benzene rings is 2. The molecule has 0 amide bonds. The molecule has 2 atom stereocenters. The molecule has 0 aliphatic carbocycles. The Hall–Kier alpha value is -2.93. The molecule has 1 heterocycles. The number of phenolic OH excluding ortho intramolecular Hbond substituents is 2. The number of hydrogen-bond acceptors (Lipinski definition) is 7. The van der Waals surface area contributed by atoms with E-state index in [0.717, 1.165) is 0 Å². The minimum Gasteiger partial charge on any atom is -0.507 e. The number of aliphatic hydroxyl groups is 1. The highest BCUT2D eigenvalue weighted by atomic mass is 16.5. The molecule has 3 N–H and O–H groups in total. The van der Waals surface area contributed by atoms with E-state index in [0.29, 0.717) is 11.3 Å². The van der Waals surface area contributed by atoms with Gasteiger partial charge in [0.2, 0.25) is 5.78 Å². The fraction of sp³-hybridized carbons (Fsp3) is 0.235. The van der Waals surface area contributed by atoms with Crippen molar-refractivity contribution in [3.63, 3.8) is 0 Å². The zero-order chi connectivity index (χ0) is 17.4. The van der Waals surface area contributed by atoms with Gasteiger partial charge in [0.1, 0.15) is 22.8 Å². The fourth-order valence-electron chi connectivity index (χ4n) is 2.74. The first kappa shape index (κ1) is 15.9. The van der Waals surface area contributed by atoms with Crippen LogP contribution >= 0.6 is 0 Å². The normalized spacial score (nSPS) is 19.4. The number of aromatic hydroxyl groups is 2. The van der Waals surface area contributed by atoms with Gasteiger partial charge in [0, 0.05) is 17.7 Å². The molecule has 0 aromatic heterocycles. The summed E-state index contributed by atoms with van der Waals surface area (Å²) in [6.45, 7) is 0. The first-order valence-corrected chi connectivity index (χ1v) is 7.13. The lowest BCUT2D eigenvalue weighted by molar-refractivity contribution is 0.0201. The third-order valence-corrected chi connectivity index (χ3v) is 3.88. The van der Waals surface area contributed by atoms with Crippen LogP contribution in [0, 0.1) is 0 Å². The Morgan fingerprint density at radius 3 is 2.50 bits per heavy atom. The van der Waals surface area contributed by atoms with Crippen LogP contribution in [-0.2, 0) is 0 Å². The highest BCUT2D eigenvalue weighted by molar-refractivity contribution is 6.05. The standard InChI is InChI=1S/C17H16O7/c1-22-8-6-11(19)13-12(7-8)24-17(15(21)14(13)20)9-4-3-5-10(18)16(9)23-2/h3-7,15,17-19,21H,1-2H3/t15-,17-/m0/s1. The van der Waals surface area contributed by atoms with Crippen molar-refractivity contribution in [2.75, 3.05) is 14.2 Å². The molecule has 1 aliphatic rings. The van der Waals surface area contributed by atoms with Gasteiger partial charge in [-0.15, -0.1) is 0 Å². The summed E-state index contributed by atoms with van der Waals surface area (Å²) >= 11 is 0. The van der Waals surface area contributed by atoms with Crippen molar-refractivity contribution >= 4 is 5.78 Å². The number of ketones is 1. The summed E-state index contributed by atoms with van der Waals surface area (Å²) in [4.78, 5) is 12.5. The van der Waals surface area contributed by atoms with Crippen molar-refractivity contribution in [2.24, 2.45) is 0 Å². The van der Waals surface area contributed by atoms with E-state index >= 15 is 0 Å². The smallest absolute Gasteiger partial charge is 0.202 e. The number of carbonyl (C=O) groups is 1. The number of fused-ring (bicyclic) bond motifs is 1. The van der Waals surface area contributed by atoms with E-state index in [4.69, 9.17) is 14.2 Å². The zero-order valence-electron chi connectivity index (χ0n) is 13.0. The van der Waals surface area contributed by atoms with E-state index in [-0.39, 0.29) is 28.6 Å². The average Bonchev–Trinajstić information content (AvgIpc) is 2.57. The number of para-hydroxylation sites is 1. The molecular weight excluding hydrogens is 316 g/mol. The number of aliphatic hydroxyl groups excluding tert-OH is 1. The Bertz CT molecular complexity index is 800. The van der Waals surface area contributed by atoms with Crippen LogP contribution in [0.1, 0.15) is 22.0 Å². The number of carbonyl (C=O) groups excluding carboxylic acids is 1. The maximum absolute atomic E-state index is 12.5. The molecule has 0 fully saturated rings. The zero-order valence-corrected chi connectivity index (χ0v) is 13.0. The number of rotatable bonds is 3. The summed E-state index contributed by atoms with van der Waals surface area (Å²) in [7, 11) is 2.77. The average molecular weight is 332 g/mol. The molecule has 24 heavy (non-hydrogen) atoms.